The van der Waals surface area contributed by atoms with Gasteiger partial charge >= 0.3 is 0 Å². The number of nitrogens with one attached hydrogen (secondary N) is 2. The minimum atomic E-state index is -0.378. The lowest BCUT2D eigenvalue weighted by Gasteiger charge is -2.17. The number of carbonyl (C=O) groups excluding carboxylic acids is 1. The summed E-state index contributed by atoms with van der Waals surface area (Å²) >= 11 is 13.3. The van der Waals surface area contributed by atoms with Crippen molar-refractivity contribution in [1.29, 1.82) is 0 Å². The molecule has 0 unspecified atom stereocenters. The molecule has 3 heterocycles. The normalized spacial score (nSPS) is 11.3. The second-order valence-electron chi connectivity index (χ2n) is 7.37. The van der Waals surface area contributed by atoms with Crippen molar-refractivity contribution in [2.75, 3.05) is 13.7 Å². The Morgan fingerprint density at radius 3 is 2.62 bits per heavy atom. The molecule has 0 atom stereocenters. The topological polar surface area (TPSA) is 89.0 Å². The van der Waals surface area contributed by atoms with Crippen LogP contribution in [0.5, 0.6) is 5.75 Å². The summed E-state index contributed by atoms with van der Waals surface area (Å²) in [7, 11) is 1.44. The van der Waals surface area contributed by atoms with Gasteiger partial charge in [0.1, 0.15) is 11.4 Å². The van der Waals surface area contributed by atoms with Gasteiger partial charge in [0.05, 0.1) is 33.8 Å². The smallest absolute Gasteiger partial charge is 0.259 e. The number of methoxy groups -OCH3 is 1. The Hall–Kier alpha value is -3.03. The van der Waals surface area contributed by atoms with E-state index in [1.54, 1.807) is 23.8 Å². The number of carbonyl (C=O) groups is 1. The van der Waals surface area contributed by atoms with Gasteiger partial charge in [0.25, 0.3) is 11.5 Å². The number of hydrogen-bond acceptors (Lipinski definition) is 4. The zero-order valence-corrected chi connectivity index (χ0v) is 19.6. The van der Waals surface area contributed by atoms with E-state index in [2.05, 4.69) is 15.3 Å². The fourth-order valence-electron chi connectivity index (χ4n) is 3.98. The molecule has 0 aliphatic rings. The van der Waals surface area contributed by atoms with Gasteiger partial charge in [-0.3, -0.25) is 9.59 Å². The van der Waals surface area contributed by atoms with Crippen molar-refractivity contribution in [3.05, 3.63) is 56.1 Å². The van der Waals surface area contributed by atoms with E-state index in [0.717, 1.165) is 22.0 Å². The minimum absolute atomic E-state index is 0.0902. The Morgan fingerprint density at radius 2 is 1.97 bits per heavy atom. The molecule has 0 saturated carbocycles. The molecule has 0 aliphatic carbocycles. The summed E-state index contributed by atoms with van der Waals surface area (Å²) in [6.45, 7) is 6.49. The molecule has 3 aromatic heterocycles. The molecular formula is C23H22Cl2N4O3. The third kappa shape index (κ3) is 3.42. The molecule has 0 radical (unpaired) electrons. The number of ether oxygens (including phenoxy) is 1. The highest BCUT2D eigenvalue weighted by molar-refractivity contribution is 6.42. The number of aryl methyl sites for hydroxylation is 2. The van der Waals surface area contributed by atoms with Crippen LogP contribution >= 0.6 is 23.2 Å². The SMILES string of the molecule is CCNC(=O)c1cc(OC)c(Cl)c(-c2cc3cnc4[nH]c(C)cc4c3n(CC)c2=O)c1Cl. The van der Waals surface area contributed by atoms with E-state index in [0.29, 0.717) is 18.7 Å². The summed E-state index contributed by atoms with van der Waals surface area (Å²) in [5.74, 6) is -0.124. The Bertz CT molecular complexity index is 1440. The van der Waals surface area contributed by atoms with E-state index in [-0.39, 0.29) is 44.0 Å². The van der Waals surface area contributed by atoms with Crippen molar-refractivity contribution >= 4 is 51.0 Å². The van der Waals surface area contributed by atoms with Crippen LogP contribution in [0.15, 0.2) is 29.2 Å². The molecule has 7 nitrogen and oxygen atoms in total. The number of H-pyrrole nitrogens is 1. The van der Waals surface area contributed by atoms with Crippen molar-refractivity contribution in [2.45, 2.75) is 27.3 Å². The van der Waals surface area contributed by atoms with Gasteiger partial charge in [-0.2, -0.15) is 0 Å². The average Bonchev–Trinajstić information content (AvgIpc) is 3.15. The van der Waals surface area contributed by atoms with Gasteiger partial charge in [-0.15, -0.1) is 0 Å². The number of fused-ring (bicyclic) bond motifs is 3. The molecule has 9 heteroatoms. The molecule has 0 saturated heterocycles. The van der Waals surface area contributed by atoms with Gasteiger partial charge in [0.2, 0.25) is 0 Å². The van der Waals surface area contributed by atoms with Crippen LogP contribution in [-0.4, -0.2) is 34.1 Å². The van der Waals surface area contributed by atoms with Crippen molar-refractivity contribution in [3.63, 3.8) is 0 Å². The quantitative estimate of drug-likeness (QED) is 0.430. The van der Waals surface area contributed by atoms with Crippen molar-refractivity contribution in [2.24, 2.45) is 0 Å². The van der Waals surface area contributed by atoms with Gasteiger partial charge in [0, 0.05) is 41.3 Å². The summed E-state index contributed by atoms with van der Waals surface area (Å²) in [4.78, 5) is 34.0. The summed E-state index contributed by atoms with van der Waals surface area (Å²) in [6.07, 6.45) is 1.70. The number of aromatic amines is 1. The first kappa shape index (κ1) is 22.2. The highest BCUT2D eigenvalue weighted by atomic mass is 35.5. The van der Waals surface area contributed by atoms with Crippen LogP contribution in [0, 0.1) is 6.92 Å². The molecule has 2 N–H and O–H groups in total. The number of aromatic nitrogens is 3. The number of pyridine rings is 2. The van der Waals surface area contributed by atoms with Crippen molar-refractivity contribution in [1.82, 2.24) is 19.9 Å². The summed E-state index contributed by atoms with van der Waals surface area (Å²) < 4.78 is 7.05. The molecule has 1 aromatic carbocycles. The molecule has 0 bridgehead atoms. The van der Waals surface area contributed by atoms with Crippen LogP contribution in [0.1, 0.15) is 29.9 Å². The summed E-state index contributed by atoms with van der Waals surface area (Å²) in [5.41, 5.74) is 2.87. The van der Waals surface area contributed by atoms with E-state index in [4.69, 9.17) is 27.9 Å². The Balaban J connectivity index is 2.11. The highest BCUT2D eigenvalue weighted by Gasteiger charge is 2.25. The van der Waals surface area contributed by atoms with Gasteiger partial charge in [-0.05, 0) is 39.0 Å². The van der Waals surface area contributed by atoms with E-state index in [1.807, 2.05) is 19.9 Å². The average molecular weight is 473 g/mol. The van der Waals surface area contributed by atoms with Gasteiger partial charge in [0.15, 0.2) is 0 Å². The van der Waals surface area contributed by atoms with Crippen molar-refractivity contribution in [3.8, 4) is 16.9 Å². The lowest BCUT2D eigenvalue weighted by Crippen LogP contribution is -2.24. The van der Waals surface area contributed by atoms with Crippen LogP contribution in [0.25, 0.3) is 33.1 Å². The molecule has 4 aromatic rings. The van der Waals surface area contributed by atoms with E-state index >= 15 is 0 Å². The zero-order valence-electron chi connectivity index (χ0n) is 18.1. The monoisotopic (exact) mass is 472 g/mol. The maximum atomic E-state index is 13.6. The molecule has 0 spiro atoms. The molecule has 1 amide bonds. The second kappa shape index (κ2) is 8.48. The van der Waals surface area contributed by atoms with Crippen molar-refractivity contribution < 1.29 is 9.53 Å². The maximum absolute atomic E-state index is 13.6. The summed E-state index contributed by atoms with van der Waals surface area (Å²) in [5, 5.41) is 4.59. The minimum Gasteiger partial charge on any atom is -0.495 e. The van der Waals surface area contributed by atoms with E-state index in [9.17, 15) is 9.59 Å². The zero-order chi connectivity index (χ0) is 23.2. The van der Waals surface area contributed by atoms with Crippen LogP contribution < -0.4 is 15.6 Å². The first-order valence-corrected chi connectivity index (χ1v) is 10.9. The van der Waals surface area contributed by atoms with Gasteiger partial charge < -0.3 is 19.6 Å². The van der Waals surface area contributed by atoms with Gasteiger partial charge in [-0.25, -0.2) is 4.98 Å². The number of nitrogens with zero attached hydrogens (tertiary/aromatic N) is 2. The van der Waals surface area contributed by atoms with Crippen LogP contribution in [0.2, 0.25) is 10.0 Å². The fraction of sp³-hybridized carbons (Fsp3) is 0.261. The first-order chi connectivity index (χ1) is 15.3. The Labute approximate surface area is 194 Å². The predicted molar refractivity (Wildman–Crippen MR) is 128 cm³/mol. The van der Waals surface area contributed by atoms with Crippen LogP contribution in [0.4, 0.5) is 0 Å². The molecule has 0 aliphatic heterocycles. The lowest BCUT2D eigenvalue weighted by atomic mass is 10.0. The lowest BCUT2D eigenvalue weighted by molar-refractivity contribution is 0.0955. The highest BCUT2D eigenvalue weighted by Crippen LogP contribution is 2.42. The third-order valence-corrected chi connectivity index (χ3v) is 6.16. The molecule has 4 rings (SSSR count). The fourth-order valence-corrected chi connectivity index (χ4v) is 4.69. The molecule has 0 fully saturated rings. The Kier molecular flexibility index (Phi) is 5.88. The van der Waals surface area contributed by atoms with Gasteiger partial charge in [-0.1, -0.05) is 23.2 Å². The van der Waals surface area contributed by atoms with Crippen LogP contribution in [0.3, 0.4) is 0 Å². The largest absolute Gasteiger partial charge is 0.495 e. The number of halogens is 2. The number of benzene rings is 1. The van der Waals surface area contributed by atoms with E-state index in [1.165, 1.54) is 13.2 Å². The van der Waals surface area contributed by atoms with E-state index < -0.39 is 0 Å². The van der Waals surface area contributed by atoms with Crippen LogP contribution in [-0.2, 0) is 6.54 Å². The molecular weight excluding hydrogens is 451 g/mol. The number of hydrogen-bond donors (Lipinski definition) is 2. The predicted octanol–water partition coefficient (Wildman–Crippen LogP) is 4.94. The number of rotatable bonds is 5. The summed E-state index contributed by atoms with van der Waals surface area (Å²) in [6, 6.07) is 5.16. The molecule has 166 valence electrons. The maximum Gasteiger partial charge on any atom is 0.259 e. The standard InChI is InChI=1S/C23H22Cl2N4O3/c1-5-26-22(30)14-9-16(32-4)19(25)17(18(14)24)13-8-12-10-27-21-15(7-11(3)28-21)20(12)29(6-2)23(13)31/h7-10H,5-6H2,1-4H3,(H,26,30)(H,27,28). The number of amides is 1. The molecule has 32 heavy (non-hydrogen) atoms. The first-order valence-electron chi connectivity index (χ1n) is 10.2. The third-order valence-electron chi connectivity index (χ3n) is 5.39. The second-order valence-corrected chi connectivity index (χ2v) is 8.13. The Morgan fingerprint density at radius 1 is 1.22 bits per heavy atom.